The first-order chi connectivity index (χ1) is 16.1. The molecule has 2 aromatic carbocycles. The smallest absolute Gasteiger partial charge is 0.254 e. The number of nitrogens with zero attached hydrogens (tertiary/aromatic N) is 2. The number of carbonyl (C=O) groups is 1. The zero-order valence-corrected chi connectivity index (χ0v) is 17.4. The molecule has 0 saturated heterocycles. The third-order valence-corrected chi connectivity index (χ3v) is 5.06. The number of ether oxygens (including phenoxy) is 3. The number of aliphatic hydroxyl groups excluding tert-OH is 1. The molecule has 170 valence electrons. The van der Waals surface area contributed by atoms with E-state index < -0.39 is 5.82 Å². The Labute approximate surface area is 187 Å². The second-order valence-electron chi connectivity index (χ2n) is 7.23. The van der Waals surface area contributed by atoms with Gasteiger partial charge in [0.1, 0.15) is 25.6 Å². The van der Waals surface area contributed by atoms with Gasteiger partial charge in [-0.25, -0.2) is 9.37 Å². The van der Waals surface area contributed by atoms with Gasteiger partial charge in [-0.1, -0.05) is 0 Å². The number of anilines is 4. The molecule has 1 amide bonds. The molecule has 0 unspecified atom stereocenters. The molecule has 5 rings (SSSR count). The van der Waals surface area contributed by atoms with Crippen LogP contribution in [0.1, 0.15) is 15.9 Å². The maximum atomic E-state index is 14.4. The van der Waals surface area contributed by atoms with E-state index in [-0.39, 0.29) is 37.4 Å². The van der Waals surface area contributed by atoms with Gasteiger partial charge in [0.25, 0.3) is 5.91 Å². The molecule has 4 N–H and O–H groups in total. The van der Waals surface area contributed by atoms with Crippen LogP contribution in [-0.2, 0) is 6.61 Å². The van der Waals surface area contributed by atoms with Crippen molar-refractivity contribution in [2.75, 3.05) is 37.0 Å². The number of nitrogens with one attached hydrogen (secondary N) is 3. The van der Waals surface area contributed by atoms with Crippen LogP contribution in [0.15, 0.2) is 36.5 Å². The molecule has 0 bridgehead atoms. The molecule has 0 spiro atoms. The molecule has 0 fully saturated rings. The average Bonchev–Trinajstić information content (AvgIpc) is 2.81. The van der Waals surface area contributed by atoms with Crippen molar-refractivity contribution in [1.82, 2.24) is 15.3 Å². The van der Waals surface area contributed by atoms with Crippen molar-refractivity contribution in [2.45, 2.75) is 6.61 Å². The fraction of sp³-hybridized carbons (Fsp3) is 0.227. The molecular formula is C22H20FN5O5. The van der Waals surface area contributed by atoms with Crippen LogP contribution in [0.3, 0.4) is 0 Å². The fourth-order valence-electron chi connectivity index (χ4n) is 3.49. The van der Waals surface area contributed by atoms with E-state index >= 15 is 0 Å². The van der Waals surface area contributed by atoms with Crippen molar-refractivity contribution in [3.8, 4) is 17.2 Å². The van der Waals surface area contributed by atoms with Crippen molar-refractivity contribution >= 4 is 29.0 Å². The van der Waals surface area contributed by atoms with Crippen LogP contribution in [0.25, 0.3) is 0 Å². The van der Waals surface area contributed by atoms with E-state index in [0.29, 0.717) is 47.4 Å². The summed E-state index contributed by atoms with van der Waals surface area (Å²) in [6, 6.07) is 8.54. The standard InChI is InChI=1S/C22H20FN5O5/c23-14-10-25-22(28-20(14)26-12-1-3-17-18(9-12)32-8-7-31-17)27-15-2-4-16-13(11-33-16)19(15)21(30)24-5-6-29/h1-4,9-10,29H,5-8,11H2,(H,24,30)(H2,25,26,27,28). The predicted octanol–water partition coefficient (Wildman–Crippen LogP) is 2.49. The van der Waals surface area contributed by atoms with Crippen molar-refractivity contribution in [2.24, 2.45) is 0 Å². The molecule has 0 aliphatic carbocycles. The van der Waals surface area contributed by atoms with Gasteiger partial charge < -0.3 is 35.3 Å². The lowest BCUT2D eigenvalue weighted by Crippen LogP contribution is -2.30. The van der Waals surface area contributed by atoms with Gasteiger partial charge in [-0.05, 0) is 24.3 Å². The first kappa shape index (κ1) is 20.8. The number of rotatable bonds is 7. The summed E-state index contributed by atoms with van der Waals surface area (Å²) < 4.78 is 30.8. The minimum atomic E-state index is -0.651. The largest absolute Gasteiger partial charge is 0.488 e. The first-order valence-corrected chi connectivity index (χ1v) is 10.3. The summed E-state index contributed by atoms with van der Waals surface area (Å²) in [7, 11) is 0. The number of amides is 1. The van der Waals surface area contributed by atoms with Crippen LogP contribution in [0.5, 0.6) is 17.2 Å². The maximum Gasteiger partial charge on any atom is 0.254 e. The number of hydrogen-bond acceptors (Lipinski definition) is 9. The molecule has 2 aliphatic heterocycles. The average molecular weight is 453 g/mol. The highest BCUT2D eigenvalue weighted by atomic mass is 19.1. The highest BCUT2D eigenvalue weighted by molar-refractivity contribution is 6.02. The molecule has 11 heteroatoms. The lowest BCUT2D eigenvalue weighted by Gasteiger charge is -2.25. The van der Waals surface area contributed by atoms with Crippen LogP contribution in [0.4, 0.5) is 27.5 Å². The third-order valence-electron chi connectivity index (χ3n) is 5.06. The van der Waals surface area contributed by atoms with Gasteiger partial charge in [0.15, 0.2) is 23.1 Å². The SMILES string of the molecule is O=C(NCCO)c1c(Nc2ncc(F)c(Nc3ccc4c(c3)OCCO4)n2)ccc2c1CO2. The van der Waals surface area contributed by atoms with Crippen LogP contribution in [0, 0.1) is 5.82 Å². The molecule has 2 aliphatic rings. The maximum absolute atomic E-state index is 14.4. The summed E-state index contributed by atoms with van der Waals surface area (Å²) in [5, 5.41) is 17.5. The van der Waals surface area contributed by atoms with Gasteiger partial charge in [-0.2, -0.15) is 4.98 Å². The number of fused-ring (bicyclic) bond motifs is 2. The van der Waals surface area contributed by atoms with Crippen LogP contribution < -0.4 is 30.2 Å². The van der Waals surface area contributed by atoms with Gasteiger partial charge in [0.05, 0.1) is 24.1 Å². The zero-order chi connectivity index (χ0) is 22.8. The number of halogens is 1. The molecule has 33 heavy (non-hydrogen) atoms. The van der Waals surface area contributed by atoms with Gasteiger partial charge in [-0.3, -0.25) is 4.79 Å². The van der Waals surface area contributed by atoms with Crippen LogP contribution in [0.2, 0.25) is 0 Å². The molecule has 3 aromatic rings. The summed E-state index contributed by atoms with van der Waals surface area (Å²) in [6.07, 6.45) is 1.03. The Morgan fingerprint density at radius 2 is 1.88 bits per heavy atom. The molecule has 10 nitrogen and oxygen atoms in total. The summed E-state index contributed by atoms with van der Waals surface area (Å²) in [5.74, 6) is 0.799. The highest BCUT2D eigenvalue weighted by Crippen LogP contribution is 2.37. The Bertz CT molecular complexity index is 1220. The van der Waals surface area contributed by atoms with Crippen LogP contribution in [-0.4, -0.2) is 47.3 Å². The van der Waals surface area contributed by atoms with Gasteiger partial charge in [-0.15, -0.1) is 0 Å². The van der Waals surface area contributed by atoms with E-state index in [1.165, 1.54) is 0 Å². The monoisotopic (exact) mass is 453 g/mol. The minimum absolute atomic E-state index is 0.0530. The molecule has 3 heterocycles. The summed E-state index contributed by atoms with van der Waals surface area (Å²) in [6.45, 7) is 1.12. The van der Waals surface area contributed by atoms with Crippen molar-refractivity contribution in [3.05, 3.63) is 53.5 Å². The lowest BCUT2D eigenvalue weighted by molar-refractivity contribution is 0.0939. The van der Waals surface area contributed by atoms with Gasteiger partial charge in [0.2, 0.25) is 5.95 Å². The van der Waals surface area contributed by atoms with E-state index in [1.54, 1.807) is 30.3 Å². The van der Waals surface area contributed by atoms with E-state index in [4.69, 9.17) is 19.3 Å². The second-order valence-corrected chi connectivity index (χ2v) is 7.23. The van der Waals surface area contributed by atoms with Crippen molar-refractivity contribution in [3.63, 3.8) is 0 Å². The Kier molecular flexibility index (Phi) is 5.53. The summed E-state index contributed by atoms with van der Waals surface area (Å²) in [5.41, 5.74) is 2.09. The molecule has 0 saturated carbocycles. The summed E-state index contributed by atoms with van der Waals surface area (Å²) >= 11 is 0. The molecule has 0 atom stereocenters. The van der Waals surface area contributed by atoms with Gasteiger partial charge in [0, 0.05) is 23.9 Å². The van der Waals surface area contributed by atoms with E-state index in [2.05, 4.69) is 25.9 Å². The molecule has 0 radical (unpaired) electrons. The number of aliphatic hydroxyl groups is 1. The summed E-state index contributed by atoms with van der Waals surface area (Å²) in [4.78, 5) is 20.9. The van der Waals surface area contributed by atoms with E-state index in [9.17, 15) is 9.18 Å². The van der Waals surface area contributed by atoms with Crippen molar-refractivity contribution < 1.29 is 28.5 Å². The Hall–Kier alpha value is -4.12. The van der Waals surface area contributed by atoms with Gasteiger partial charge >= 0.3 is 0 Å². The lowest BCUT2D eigenvalue weighted by atomic mass is 10.0. The molecular weight excluding hydrogens is 433 g/mol. The number of aromatic nitrogens is 2. The van der Waals surface area contributed by atoms with Crippen molar-refractivity contribution in [1.29, 1.82) is 0 Å². The minimum Gasteiger partial charge on any atom is -0.488 e. The second kappa shape index (κ2) is 8.79. The fourth-order valence-corrected chi connectivity index (χ4v) is 3.49. The number of hydrogen-bond donors (Lipinski definition) is 4. The quantitative estimate of drug-likeness (QED) is 0.427. The van der Waals surface area contributed by atoms with E-state index in [1.807, 2.05) is 0 Å². The topological polar surface area (TPSA) is 127 Å². The Balaban J connectivity index is 1.40. The third kappa shape index (κ3) is 4.17. The zero-order valence-electron chi connectivity index (χ0n) is 17.4. The Morgan fingerprint density at radius 3 is 2.67 bits per heavy atom. The first-order valence-electron chi connectivity index (χ1n) is 10.3. The predicted molar refractivity (Wildman–Crippen MR) is 116 cm³/mol. The normalized spacial score (nSPS) is 13.3. The Morgan fingerprint density at radius 1 is 1.06 bits per heavy atom. The van der Waals surface area contributed by atoms with Crippen LogP contribution >= 0.6 is 0 Å². The van der Waals surface area contributed by atoms with E-state index in [0.717, 1.165) is 11.8 Å². The number of benzene rings is 2. The highest BCUT2D eigenvalue weighted by Gasteiger charge is 2.26. The molecule has 1 aromatic heterocycles. The number of carbonyl (C=O) groups excluding carboxylic acids is 1.